The Hall–Kier alpha value is -2.93. The van der Waals surface area contributed by atoms with Gasteiger partial charge in [-0.2, -0.15) is 10.2 Å². The second kappa shape index (κ2) is 9.51. The molecule has 0 radical (unpaired) electrons. The first-order valence-corrected chi connectivity index (χ1v) is 11.6. The van der Waals surface area contributed by atoms with Crippen LogP contribution >= 0.6 is 11.6 Å². The van der Waals surface area contributed by atoms with Gasteiger partial charge in [0.15, 0.2) is 0 Å². The molecule has 0 aromatic heterocycles. The second-order valence-corrected chi connectivity index (χ2v) is 10.1. The summed E-state index contributed by atoms with van der Waals surface area (Å²) in [7, 11) is 0. The molecule has 1 atom stereocenters. The quantitative estimate of drug-likeness (QED) is 0.529. The van der Waals surface area contributed by atoms with Crippen LogP contribution in [-0.2, 0) is 17.9 Å². The molecule has 2 aromatic carbocycles. The van der Waals surface area contributed by atoms with E-state index in [1.807, 2.05) is 12.1 Å². The molecule has 0 bridgehead atoms. The minimum absolute atomic E-state index is 0.0314. The van der Waals surface area contributed by atoms with Gasteiger partial charge in [-0.15, -0.1) is 0 Å². The van der Waals surface area contributed by atoms with Gasteiger partial charge in [0, 0.05) is 5.69 Å². The lowest BCUT2D eigenvalue weighted by Crippen LogP contribution is -2.25. The third-order valence-electron chi connectivity index (χ3n) is 6.65. The molecule has 2 aliphatic rings. The van der Waals surface area contributed by atoms with E-state index in [4.69, 9.17) is 22.1 Å². The van der Waals surface area contributed by atoms with E-state index in [-0.39, 0.29) is 18.6 Å². The third-order valence-corrected chi connectivity index (χ3v) is 6.98. The van der Waals surface area contributed by atoms with Gasteiger partial charge in [-0.1, -0.05) is 37.6 Å². The average molecular weight is 469 g/mol. The molecule has 174 valence electrons. The van der Waals surface area contributed by atoms with Crippen molar-refractivity contribution in [2.24, 2.45) is 27.3 Å². The Morgan fingerprint density at radius 2 is 1.94 bits per heavy atom. The van der Waals surface area contributed by atoms with Crippen LogP contribution in [-0.4, -0.2) is 12.0 Å². The lowest BCUT2D eigenvalue weighted by atomic mass is 9.70. The number of nitrogens with zero attached hydrogens (tertiary/aromatic N) is 2. The predicted molar refractivity (Wildman–Crippen MR) is 127 cm³/mol. The maximum absolute atomic E-state index is 12.9. The minimum atomic E-state index is -0.877. The van der Waals surface area contributed by atoms with Crippen molar-refractivity contribution < 1.29 is 14.3 Å². The van der Waals surface area contributed by atoms with Crippen LogP contribution in [0.25, 0.3) is 0 Å². The zero-order valence-corrected chi connectivity index (χ0v) is 19.7. The van der Waals surface area contributed by atoms with E-state index in [0.29, 0.717) is 39.7 Å². The molecule has 1 aliphatic heterocycles. The number of fused-ring (bicyclic) bond motifs is 1. The Labute approximate surface area is 198 Å². The number of rotatable bonds is 5. The van der Waals surface area contributed by atoms with Crippen molar-refractivity contribution >= 4 is 29.3 Å². The minimum Gasteiger partial charge on any atom is -0.445 e. The number of primary amides is 1. The van der Waals surface area contributed by atoms with Crippen LogP contribution < -0.4 is 11.1 Å². The number of carbonyl (C=O) groups is 2. The highest BCUT2D eigenvalue weighted by molar-refractivity contribution is 6.34. The van der Waals surface area contributed by atoms with E-state index in [0.717, 1.165) is 18.4 Å². The highest BCUT2D eigenvalue weighted by atomic mass is 35.5. The zero-order chi connectivity index (χ0) is 23.6. The molecule has 4 rings (SSSR count). The molecule has 1 aliphatic carbocycles. The number of hydrogen-bond acceptors (Lipinski definition) is 5. The molecule has 1 heterocycles. The molecule has 0 saturated heterocycles. The van der Waals surface area contributed by atoms with Gasteiger partial charge < -0.3 is 15.8 Å². The summed E-state index contributed by atoms with van der Waals surface area (Å²) in [6, 6.07) is 10.9. The summed E-state index contributed by atoms with van der Waals surface area (Å²) in [5.41, 5.74) is 9.30. The average Bonchev–Trinajstić information content (AvgIpc) is 2.78. The van der Waals surface area contributed by atoms with Gasteiger partial charge >= 0.3 is 6.09 Å². The Balaban J connectivity index is 1.48. The van der Waals surface area contributed by atoms with Crippen LogP contribution in [0.1, 0.15) is 72.6 Å². The summed E-state index contributed by atoms with van der Waals surface area (Å²) >= 11 is 6.24. The summed E-state index contributed by atoms with van der Waals surface area (Å²) in [6.45, 7) is 5.15. The summed E-state index contributed by atoms with van der Waals surface area (Å²) in [4.78, 5) is 23.7. The number of hydrogen-bond donors (Lipinski definition) is 2. The number of nitrogens with one attached hydrogen (secondary N) is 1. The summed E-state index contributed by atoms with van der Waals surface area (Å²) in [5, 5.41) is 12.2. The first kappa shape index (κ1) is 23.2. The lowest BCUT2D eigenvalue weighted by Gasteiger charge is -2.37. The lowest BCUT2D eigenvalue weighted by molar-refractivity contribution is 0.102. The van der Waals surface area contributed by atoms with Crippen molar-refractivity contribution in [3.05, 3.63) is 63.7 Å². The molecule has 3 N–H and O–H groups in total. The molecule has 1 saturated carbocycles. The number of nitrogens with two attached hydrogens (primary N) is 1. The van der Waals surface area contributed by atoms with Gasteiger partial charge in [0.05, 0.1) is 23.2 Å². The number of halogens is 1. The van der Waals surface area contributed by atoms with Crippen molar-refractivity contribution in [3.63, 3.8) is 0 Å². The molecular weight excluding hydrogens is 440 g/mol. The standard InChI is InChI=1S/C25H29ClN4O3/c1-25(2)9-7-16(8-10-25)22-19-5-4-18(12-17(19)13-28-30-22)29-23(31)20-11-15(3-6-21(20)26)14-33-24(27)32/h3-6,11-12,16,22H,7-10,13-14H2,1-2H3,(H2,27,32)(H,29,31). The molecule has 0 spiro atoms. The molecule has 7 nitrogen and oxygen atoms in total. The predicted octanol–water partition coefficient (Wildman–Crippen LogP) is 6.41. The van der Waals surface area contributed by atoms with E-state index in [1.54, 1.807) is 18.2 Å². The fraction of sp³-hybridized carbons (Fsp3) is 0.440. The van der Waals surface area contributed by atoms with Gasteiger partial charge in [0.25, 0.3) is 5.91 Å². The van der Waals surface area contributed by atoms with Crippen molar-refractivity contribution in [2.75, 3.05) is 5.32 Å². The van der Waals surface area contributed by atoms with E-state index < -0.39 is 6.09 Å². The monoisotopic (exact) mass is 468 g/mol. The Bertz CT molecular complexity index is 1090. The first-order valence-electron chi connectivity index (χ1n) is 11.2. The topological polar surface area (TPSA) is 106 Å². The van der Waals surface area contributed by atoms with Crippen LogP contribution in [0, 0.1) is 11.3 Å². The second-order valence-electron chi connectivity index (χ2n) is 9.65. The number of benzene rings is 2. The normalized spacial score (nSPS) is 19.5. The molecule has 8 heteroatoms. The summed E-state index contributed by atoms with van der Waals surface area (Å²) < 4.78 is 4.80. The van der Waals surface area contributed by atoms with E-state index >= 15 is 0 Å². The zero-order valence-electron chi connectivity index (χ0n) is 18.9. The van der Waals surface area contributed by atoms with Crippen molar-refractivity contribution in [1.82, 2.24) is 0 Å². The highest BCUT2D eigenvalue weighted by Crippen LogP contribution is 2.46. The van der Waals surface area contributed by atoms with Crippen LogP contribution in [0.15, 0.2) is 46.6 Å². The van der Waals surface area contributed by atoms with Crippen LogP contribution in [0.4, 0.5) is 10.5 Å². The third kappa shape index (κ3) is 5.53. The summed E-state index contributed by atoms with van der Waals surface area (Å²) in [5.74, 6) is 0.162. The van der Waals surface area contributed by atoms with Gasteiger partial charge in [-0.3, -0.25) is 4.79 Å². The number of anilines is 1. The van der Waals surface area contributed by atoms with Crippen LogP contribution in [0.3, 0.4) is 0 Å². The highest BCUT2D eigenvalue weighted by Gasteiger charge is 2.34. The maximum atomic E-state index is 12.9. The Morgan fingerprint density at radius 3 is 2.67 bits per heavy atom. The van der Waals surface area contributed by atoms with E-state index in [2.05, 4.69) is 35.5 Å². The van der Waals surface area contributed by atoms with Crippen LogP contribution in [0.5, 0.6) is 0 Å². The Kier molecular flexibility index (Phi) is 6.70. The number of carbonyl (C=O) groups excluding carboxylic acids is 2. The largest absolute Gasteiger partial charge is 0.445 e. The fourth-order valence-corrected chi connectivity index (χ4v) is 4.85. The van der Waals surface area contributed by atoms with Gasteiger partial charge in [0.2, 0.25) is 0 Å². The van der Waals surface area contributed by atoms with Gasteiger partial charge in [-0.05, 0) is 78.0 Å². The first-order chi connectivity index (χ1) is 15.7. The smallest absolute Gasteiger partial charge is 0.404 e. The van der Waals surface area contributed by atoms with Crippen molar-refractivity contribution in [1.29, 1.82) is 0 Å². The molecule has 1 unspecified atom stereocenters. The maximum Gasteiger partial charge on any atom is 0.404 e. The SMILES string of the molecule is CC1(C)CCC(C2N=NCc3cc(NC(=O)c4cc(COC(N)=O)ccc4Cl)ccc32)CC1. The van der Waals surface area contributed by atoms with Crippen molar-refractivity contribution in [2.45, 2.75) is 58.7 Å². The van der Waals surface area contributed by atoms with Crippen molar-refractivity contribution in [3.8, 4) is 0 Å². The molecule has 1 fully saturated rings. The molecule has 2 amide bonds. The van der Waals surface area contributed by atoms with E-state index in [1.165, 1.54) is 18.4 Å². The Morgan fingerprint density at radius 1 is 1.18 bits per heavy atom. The molecular formula is C25H29ClN4O3. The fourth-order valence-electron chi connectivity index (χ4n) is 4.65. The molecule has 33 heavy (non-hydrogen) atoms. The summed E-state index contributed by atoms with van der Waals surface area (Å²) in [6.07, 6.45) is 3.85. The number of azo groups is 1. The van der Waals surface area contributed by atoms with E-state index in [9.17, 15) is 9.59 Å². The van der Waals surface area contributed by atoms with Gasteiger partial charge in [0.1, 0.15) is 6.61 Å². The number of ether oxygens (including phenoxy) is 1. The number of amides is 2. The molecule has 2 aromatic rings. The van der Waals surface area contributed by atoms with Gasteiger partial charge in [-0.25, -0.2) is 4.79 Å². The van der Waals surface area contributed by atoms with Crippen LogP contribution in [0.2, 0.25) is 5.02 Å².